The van der Waals surface area contributed by atoms with Gasteiger partial charge in [-0.25, -0.2) is 4.68 Å². The van der Waals surface area contributed by atoms with E-state index in [9.17, 15) is 14.9 Å². The van der Waals surface area contributed by atoms with Crippen molar-refractivity contribution in [3.8, 4) is 0 Å². The fourth-order valence-electron chi connectivity index (χ4n) is 2.91. The molecule has 10 heteroatoms. The van der Waals surface area contributed by atoms with Crippen molar-refractivity contribution in [1.29, 1.82) is 0 Å². The standard InChI is InChI=1S/C19H18N6O3S/c1-12-7-10-15(16(11-12)25(27)28)20-18(26)17(13-5-3-2-4-6-13)29-19-21-22-23-24(19)14-8-9-14/h2-7,10-11,14,17H,8-9H2,1H3,(H,20,26). The van der Waals surface area contributed by atoms with Crippen molar-refractivity contribution in [1.82, 2.24) is 20.2 Å². The van der Waals surface area contributed by atoms with Crippen LogP contribution >= 0.6 is 11.8 Å². The molecule has 3 aromatic rings. The number of aromatic nitrogens is 4. The Bertz CT molecular complexity index is 1050. The van der Waals surface area contributed by atoms with Crippen LogP contribution in [0.4, 0.5) is 11.4 Å². The van der Waals surface area contributed by atoms with E-state index in [1.165, 1.54) is 17.8 Å². The summed E-state index contributed by atoms with van der Waals surface area (Å²) in [6, 6.07) is 14.2. The van der Waals surface area contributed by atoms with Gasteiger partial charge in [-0.15, -0.1) is 5.10 Å². The zero-order valence-electron chi connectivity index (χ0n) is 15.6. The highest BCUT2D eigenvalue weighted by Gasteiger charge is 2.32. The predicted molar refractivity (Wildman–Crippen MR) is 108 cm³/mol. The van der Waals surface area contributed by atoms with Crippen LogP contribution in [0.2, 0.25) is 0 Å². The SMILES string of the molecule is Cc1ccc(NC(=O)C(Sc2nnnn2C2CC2)c2ccccc2)c([N+](=O)[O-])c1. The summed E-state index contributed by atoms with van der Waals surface area (Å²) >= 11 is 1.23. The molecule has 1 saturated carbocycles. The molecule has 0 bridgehead atoms. The van der Waals surface area contributed by atoms with Gasteiger partial charge in [-0.1, -0.05) is 48.2 Å². The lowest BCUT2D eigenvalue weighted by molar-refractivity contribution is -0.384. The Kier molecular flexibility index (Phi) is 5.26. The fraction of sp³-hybridized carbons (Fsp3) is 0.263. The summed E-state index contributed by atoms with van der Waals surface area (Å²) in [5.41, 5.74) is 1.52. The lowest BCUT2D eigenvalue weighted by atomic mass is 10.1. The number of nitro benzene ring substituents is 1. The monoisotopic (exact) mass is 410 g/mol. The van der Waals surface area contributed by atoms with Crippen LogP contribution in [0, 0.1) is 17.0 Å². The summed E-state index contributed by atoms with van der Waals surface area (Å²) in [6.07, 6.45) is 2.02. The largest absolute Gasteiger partial charge is 0.319 e. The van der Waals surface area contributed by atoms with Crippen molar-refractivity contribution in [2.75, 3.05) is 5.32 Å². The number of tetrazole rings is 1. The molecule has 1 unspecified atom stereocenters. The number of hydrogen-bond acceptors (Lipinski definition) is 7. The van der Waals surface area contributed by atoms with Crippen LogP contribution < -0.4 is 5.32 Å². The number of carbonyl (C=O) groups excluding carboxylic acids is 1. The third kappa shape index (κ3) is 4.27. The second-order valence-electron chi connectivity index (χ2n) is 6.81. The zero-order chi connectivity index (χ0) is 20.4. The van der Waals surface area contributed by atoms with E-state index in [-0.39, 0.29) is 23.3 Å². The average molecular weight is 410 g/mol. The van der Waals surface area contributed by atoms with Gasteiger partial charge in [0.05, 0.1) is 11.0 Å². The van der Waals surface area contributed by atoms with Gasteiger partial charge < -0.3 is 5.32 Å². The van der Waals surface area contributed by atoms with Gasteiger partial charge in [0.15, 0.2) is 0 Å². The number of carbonyl (C=O) groups is 1. The summed E-state index contributed by atoms with van der Waals surface area (Å²) in [4.78, 5) is 24.1. The minimum Gasteiger partial charge on any atom is -0.319 e. The second kappa shape index (κ2) is 8.00. The number of thioether (sulfide) groups is 1. The fourth-order valence-corrected chi connectivity index (χ4v) is 3.96. The second-order valence-corrected chi connectivity index (χ2v) is 7.88. The third-order valence-electron chi connectivity index (χ3n) is 4.53. The number of nitro groups is 1. The first-order valence-corrected chi connectivity index (χ1v) is 9.96. The topological polar surface area (TPSA) is 116 Å². The maximum atomic E-state index is 13.2. The molecule has 1 fully saturated rings. The molecule has 148 valence electrons. The average Bonchev–Trinajstić information content (AvgIpc) is 3.46. The van der Waals surface area contributed by atoms with Crippen molar-refractivity contribution >= 4 is 29.0 Å². The summed E-state index contributed by atoms with van der Waals surface area (Å²) < 4.78 is 1.74. The van der Waals surface area contributed by atoms with Gasteiger partial charge in [-0.3, -0.25) is 14.9 Å². The molecule has 0 radical (unpaired) electrons. The first kappa shape index (κ1) is 19.1. The smallest absolute Gasteiger partial charge is 0.293 e. The first-order valence-electron chi connectivity index (χ1n) is 9.08. The Morgan fingerprint density at radius 2 is 2.03 bits per heavy atom. The Balaban J connectivity index is 1.64. The highest BCUT2D eigenvalue weighted by atomic mass is 32.2. The molecule has 4 rings (SSSR count). The molecule has 0 saturated heterocycles. The number of amides is 1. The quantitative estimate of drug-likeness (QED) is 0.359. The van der Waals surface area contributed by atoms with E-state index in [0.29, 0.717) is 5.16 Å². The van der Waals surface area contributed by atoms with Crippen LogP contribution in [0.1, 0.15) is 35.3 Å². The maximum absolute atomic E-state index is 13.2. The number of nitrogens with zero attached hydrogens (tertiary/aromatic N) is 5. The molecule has 1 amide bonds. The molecule has 0 aliphatic heterocycles. The zero-order valence-corrected chi connectivity index (χ0v) is 16.4. The van der Waals surface area contributed by atoms with Gasteiger partial charge >= 0.3 is 0 Å². The molecular formula is C19H18N6O3S. The predicted octanol–water partition coefficient (Wildman–Crippen LogP) is 3.70. The van der Waals surface area contributed by atoms with E-state index in [0.717, 1.165) is 24.0 Å². The summed E-state index contributed by atoms with van der Waals surface area (Å²) in [6.45, 7) is 1.76. The highest BCUT2D eigenvalue weighted by Crippen LogP contribution is 2.41. The van der Waals surface area contributed by atoms with Crippen LogP contribution in [0.25, 0.3) is 0 Å². The molecule has 9 nitrogen and oxygen atoms in total. The van der Waals surface area contributed by atoms with E-state index >= 15 is 0 Å². The Hall–Kier alpha value is -3.27. The summed E-state index contributed by atoms with van der Waals surface area (Å²) in [5.74, 6) is -0.376. The normalized spacial score (nSPS) is 14.4. The first-order chi connectivity index (χ1) is 14.0. The lowest BCUT2D eigenvalue weighted by Gasteiger charge is -2.16. The van der Waals surface area contributed by atoms with Gasteiger partial charge in [-0.05, 0) is 47.4 Å². The van der Waals surface area contributed by atoms with Gasteiger partial charge in [-0.2, -0.15) is 0 Å². The number of hydrogen-bond donors (Lipinski definition) is 1. The number of rotatable bonds is 7. The van der Waals surface area contributed by atoms with Crippen LogP contribution in [-0.4, -0.2) is 31.0 Å². The Morgan fingerprint density at radius 3 is 2.72 bits per heavy atom. The number of nitrogens with one attached hydrogen (secondary N) is 1. The molecule has 1 aliphatic carbocycles. The van der Waals surface area contributed by atoms with E-state index in [1.54, 1.807) is 23.7 Å². The van der Waals surface area contributed by atoms with E-state index in [4.69, 9.17) is 0 Å². The lowest BCUT2D eigenvalue weighted by Crippen LogP contribution is -2.20. The van der Waals surface area contributed by atoms with E-state index in [1.807, 2.05) is 30.3 Å². The molecule has 1 atom stereocenters. The van der Waals surface area contributed by atoms with E-state index in [2.05, 4.69) is 20.8 Å². The van der Waals surface area contributed by atoms with Gasteiger partial charge in [0.2, 0.25) is 11.1 Å². The maximum Gasteiger partial charge on any atom is 0.293 e. The van der Waals surface area contributed by atoms with Crippen LogP contribution in [-0.2, 0) is 4.79 Å². The molecular weight excluding hydrogens is 392 g/mol. The molecule has 1 aromatic heterocycles. The van der Waals surface area contributed by atoms with Gasteiger partial charge in [0.1, 0.15) is 10.9 Å². The molecule has 0 spiro atoms. The number of aryl methyl sites for hydroxylation is 1. The summed E-state index contributed by atoms with van der Waals surface area (Å²) in [7, 11) is 0. The molecule has 1 aliphatic rings. The van der Waals surface area contributed by atoms with E-state index < -0.39 is 10.2 Å². The number of benzene rings is 2. The Morgan fingerprint density at radius 1 is 1.28 bits per heavy atom. The van der Waals surface area contributed by atoms with Crippen molar-refractivity contribution in [2.45, 2.75) is 36.2 Å². The van der Waals surface area contributed by atoms with Crippen molar-refractivity contribution in [3.63, 3.8) is 0 Å². The minimum atomic E-state index is -0.666. The van der Waals surface area contributed by atoms with Crippen molar-refractivity contribution < 1.29 is 9.72 Å². The molecule has 1 heterocycles. The third-order valence-corrected chi connectivity index (χ3v) is 5.73. The Labute approximate surface area is 170 Å². The molecule has 29 heavy (non-hydrogen) atoms. The van der Waals surface area contributed by atoms with Gasteiger partial charge in [0, 0.05) is 6.07 Å². The number of anilines is 1. The summed E-state index contributed by atoms with van der Waals surface area (Å²) in [5, 5.41) is 25.8. The highest BCUT2D eigenvalue weighted by molar-refractivity contribution is 8.00. The van der Waals surface area contributed by atoms with Crippen LogP contribution in [0.15, 0.2) is 53.7 Å². The molecule has 1 N–H and O–H groups in total. The van der Waals surface area contributed by atoms with Crippen LogP contribution in [0.3, 0.4) is 0 Å². The van der Waals surface area contributed by atoms with Crippen molar-refractivity contribution in [2.24, 2.45) is 0 Å². The minimum absolute atomic E-state index is 0.141. The van der Waals surface area contributed by atoms with Crippen molar-refractivity contribution in [3.05, 3.63) is 69.8 Å². The van der Waals surface area contributed by atoms with Gasteiger partial charge in [0.25, 0.3) is 5.69 Å². The van der Waals surface area contributed by atoms with Crippen LogP contribution in [0.5, 0.6) is 0 Å². The molecule has 2 aromatic carbocycles.